The van der Waals surface area contributed by atoms with Gasteiger partial charge in [0.1, 0.15) is 18.0 Å². The van der Waals surface area contributed by atoms with Crippen LogP contribution in [0.15, 0.2) is 18.5 Å². The Morgan fingerprint density at radius 1 is 1.29 bits per heavy atom. The maximum Gasteiger partial charge on any atom is 0.152 e. The number of imidazole rings is 1. The summed E-state index contributed by atoms with van der Waals surface area (Å²) in [5.41, 5.74) is 1.31. The summed E-state index contributed by atoms with van der Waals surface area (Å²) in [7, 11) is 1.85. The Labute approximate surface area is 130 Å². The van der Waals surface area contributed by atoms with Crippen LogP contribution >= 0.6 is 23.2 Å². The molecule has 3 aromatic rings. The first-order valence-corrected chi connectivity index (χ1v) is 7.24. The van der Waals surface area contributed by atoms with Crippen LogP contribution in [-0.2, 0) is 20.0 Å². The molecule has 0 saturated heterocycles. The van der Waals surface area contributed by atoms with Crippen molar-refractivity contribution in [3.05, 3.63) is 40.9 Å². The monoisotopic (exact) mass is 327 g/mol. The molecule has 2 heterocycles. The van der Waals surface area contributed by atoms with Crippen LogP contribution in [0.3, 0.4) is 0 Å². The third-order valence-electron chi connectivity index (χ3n) is 3.29. The quantitative estimate of drug-likeness (QED) is 0.692. The fourth-order valence-electron chi connectivity index (χ4n) is 2.21. The zero-order valence-electron chi connectivity index (χ0n) is 11.2. The number of aryl methyl sites for hydroxylation is 2. The maximum atomic E-state index is 13.7. The summed E-state index contributed by atoms with van der Waals surface area (Å²) in [5.74, 6) is 1.48. The highest BCUT2D eigenvalue weighted by Gasteiger charge is 2.15. The smallest absolute Gasteiger partial charge is 0.152 e. The van der Waals surface area contributed by atoms with Gasteiger partial charge in [0.15, 0.2) is 5.82 Å². The van der Waals surface area contributed by atoms with Crippen LogP contribution < -0.4 is 0 Å². The molecule has 0 amide bonds. The van der Waals surface area contributed by atoms with E-state index in [9.17, 15) is 4.39 Å². The molecule has 1 aromatic carbocycles. The number of hydrogen-bond donors (Lipinski definition) is 0. The van der Waals surface area contributed by atoms with Gasteiger partial charge >= 0.3 is 0 Å². The number of rotatable bonds is 4. The van der Waals surface area contributed by atoms with Crippen molar-refractivity contribution in [3.63, 3.8) is 0 Å². The predicted octanol–water partition coefficient (Wildman–Crippen LogP) is 2.79. The van der Waals surface area contributed by atoms with E-state index in [1.807, 2.05) is 16.2 Å². The Morgan fingerprint density at radius 2 is 2.10 bits per heavy atom. The molecule has 0 N–H and O–H groups in total. The highest BCUT2D eigenvalue weighted by molar-refractivity contribution is 6.31. The lowest BCUT2D eigenvalue weighted by Gasteiger charge is -2.08. The van der Waals surface area contributed by atoms with Crippen molar-refractivity contribution < 1.29 is 4.39 Å². The summed E-state index contributed by atoms with van der Waals surface area (Å²) >= 11 is 11.6. The van der Waals surface area contributed by atoms with E-state index in [1.54, 1.807) is 6.33 Å². The van der Waals surface area contributed by atoms with Gasteiger partial charge < -0.3 is 9.13 Å². The van der Waals surface area contributed by atoms with E-state index in [0.29, 0.717) is 29.9 Å². The molecule has 21 heavy (non-hydrogen) atoms. The number of nitrogens with zero attached hydrogens (tertiary/aromatic N) is 5. The summed E-state index contributed by atoms with van der Waals surface area (Å²) in [6.45, 7) is 0.445. The minimum absolute atomic E-state index is 0.0585. The van der Waals surface area contributed by atoms with Crippen LogP contribution in [0.1, 0.15) is 11.6 Å². The molecule has 0 aliphatic carbocycles. The van der Waals surface area contributed by atoms with Gasteiger partial charge in [-0.2, -0.15) is 0 Å². The highest BCUT2D eigenvalue weighted by Crippen LogP contribution is 2.24. The van der Waals surface area contributed by atoms with Gasteiger partial charge in [0.2, 0.25) is 0 Å². The molecule has 5 nitrogen and oxygen atoms in total. The lowest BCUT2D eigenvalue weighted by molar-refractivity contribution is 0.627. The highest BCUT2D eigenvalue weighted by atomic mass is 35.5. The van der Waals surface area contributed by atoms with Gasteiger partial charge in [0.05, 0.1) is 22.6 Å². The van der Waals surface area contributed by atoms with E-state index < -0.39 is 5.82 Å². The third-order valence-corrected chi connectivity index (χ3v) is 3.77. The molecule has 0 atom stereocenters. The topological polar surface area (TPSA) is 48.5 Å². The van der Waals surface area contributed by atoms with Crippen LogP contribution in [0.5, 0.6) is 0 Å². The van der Waals surface area contributed by atoms with Gasteiger partial charge in [-0.25, -0.2) is 9.37 Å². The van der Waals surface area contributed by atoms with Crippen molar-refractivity contribution in [3.8, 4) is 0 Å². The number of aromatic nitrogens is 5. The fraction of sp³-hybridized carbons (Fsp3) is 0.308. The lowest BCUT2D eigenvalue weighted by atomic mass is 10.3. The molecule has 3 rings (SSSR count). The average molecular weight is 328 g/mol. The van der Waals surface area contributed by atoms with Crippen LogP contribution in [0.4, 0.5) is 4.39 Å². The summed E-state index contributed by atoms with van der Waals surface area (Å²) in [5, 5.41) is 7.96. The van der Waals surface area contributed by atoms with Crippen LogP contribution in [0, 0.1) is 5.82 Å². The SMILES string of the molecule is Cn1cnnc1Cn1c(CCCl)nc2cc(Cl)c(F)cc21. The second-order valence-corrected chi connectivity index (χ2v) is 5.45. The molecule has 8 heteroatoms. The number of fused-ring (bicyclic) bond motifs is 1. The molecule has 0 spiro atoms. The lowest BCUT2D eigenvalue weighted by Crippen LogP contribution is -2.10. The van der Waals surface area contributed by atoms with Crippen molar-refractivity contribution in [2.45, 2.75) is 13.0 Å². The summed E-state index contributed by atoms with van der Waals surface area (Å²) in [6.07, 6.45) is 2.19. The number of benzene rings is 1. The van der Waals surface area contributed by atoms with E-state index in [4.69, 9.17) is 23.2 Å². The predicted molar refractivity (Wildman–Crippen MR) is 79.2 cm³/mol. The Kier molecular flexibility index (Phi) is 3.82. The molecule has 2 aromatic heterocycles. The van der Waals surface area contributed by atoms with E-state index in [1.165, 1.54) is 12.1 Å². The zero-order chi connectivity index (χ0) is 15.0. The summed E-state index contributed by atoms with van der Waals surface area (Å²) < 4.78 is 17.4. The first-order chi connectivity index (χ1) is 10.1. The molecule has 0 aliphatic heterocycles. The molecule has 110 valence electrons. The molecule has 0 bridgehead atoms. The van der Waals surface area contributed by atoms with E-state index in [-0.39, 0.29) is 5.02 Å². The molecule has 0 radical (unpaired) electrons. The Balaban J connectivity index is 2.15. The summed E-state index contributed by atoms with van der Waals surface area (Å²) in [6, 6.07) is 2.91. The second-order valence-electron chi connectivity index (χ2n) is 4.67. The van der Waals surface area contributed by atoms with Gasteiger partial charge in [0, 0.05) is 25.4 Å². The van der Waals surface area contributed by atoms with Crippen molar-refractivity contribution in [1.82, 2.24) is 24.3 Å². The zero-order valence-corrected chi connectivity index (χ0v) is 12.7. The molecule has 0 aliphatic rings. The molecular weight excluding hydrogens is 316 g/mol. The molecule has 0 unspecified atom stereocenters. The van der Waals surface area contributed by atoms with Crippen LogP contribution in [-0.4, -0.2) is 30.2 Å². The van der Waals surface area contributed by atoms with E-state index in [2.05, 4.69) is 15.2 Å². The molecule has 0 saturated carbocycles. The van der Waals surface area contributed by atoms with Crippen molar-refractivity contribution in [2.75, 3.05) is 5.88 Å². The average Bonchev–Trinajstić information content (AvgIpc) is 2.98. The number of hydrogen-bond acceptors (Lipinski definition) is 3. The fourth-order valence-corrected chi connectivity index (χ4v) is 2.54. The van der Waals surface area contributed by atoms with Gasteiger partial charge in [-0.1, -0.05) is 11.6 Å². The Morgan fingerprint density at radius 3 is 2.76 bits per heavy atom. The first kappa shape index (κ1) is 14.3. The van der Waals surface area contributed by atoms with E-state index >= 15 is 0 Å². The largest absolute Gasteiger partial charge is 0.320 e. The maximum absolute atomic E-state index is 13.7. The molecular formula is C13H12Cl2FN5. The minimum Gasteiger partial charge on any atom is -0.320 e. The normalized spacial score (nSPS) is 11.4. The Hall–Kier alpha value is -1.66. The minimum atomic E-state index is -0.472. The van der Waals surface area contributed by atoms with Crippen LogP contribution in [0.25, 0.3) is 11.0 Å². The Bertz CT molecular complexity index is 795. The molecule has 0 fully saturated rings. The van der Waals surface area contributed by atoms with Crippen molar-refractivity contribution >= 4 is 34.2 Å². The van der Waals surface area contributed by atoms with Crippen LogP contribution in [0.2, 0.25) is 5.02 Å². The van der Waals surface area contributed by atoms with Gasteiger partial charge in [0.25, 0.3) is 0 Å². The number of halogens is 3. The summed E-state index contributed by atoms with van der Waals surface area (Å²) in [4.78, 5) is 4.48. The van der Waals surface area contributed by atoms with Gasteiger partial charge in [-0.05, 0) is 6.07 Å². The first-order valence-electron chi connectivity index (χ1n) is 6.33. The van der Waals surface area contributed by atoms with Gasteiger partial charge in [-0.3, -0.25) is 0 Å². The number of alkyl halides is 1. The van der Waals surface area contributed by atoms with Gasteiger partial charge in [-0.15, -0.1) is 21.8 Å². The van der Waals surface area contributed by atoms with E-state index in [0.717, 1.165) is 11.6 Å². The standard InChI is InChI=1S/C13H12Cl2FN5/c1-20-7-17-19-13(20)6-21-11-5-9(16)8(15)4-10(11)18-12(21)2-3-14/h4-5,7H,2-3,6H2,1H3. The van der Waals surface area contributed by atoms with Crippen molar-refractivity contribution in [1.29, 1.82) is 0 Å². The third kappa shape index (κ3) is 2.61. The van der Waals surface area contributed by atoms with Crippen molar-refractivity contribution in [2.24, 2.45) is 7.05 Å². The second kappa shape index (κ2) is 5.61.